The monoisotopic (exact) mass is 445 g/mol. The first kappa shape index (κ1) is 21.9. The highest BCUT2D eigenvalue weighted by atomic mass is 16.4. The summed E-state index contributed by atoms with van der Waals surface area (Å²) in [6.07, 6.45) is 4.51. The van der Waals surface area contributed by atoms with Crippen molar-refractivity contribution in [3.05, 3.63) is 72.4 Å². The highest BCUT2D eigenvalue weighted by Gasteiger charge is 2.25. The van der Waals surface area contributed by atoms with Crippen LogP contribution in [0.5, 0.6) is 0 Å². The summed E-state index contributed by atoms with van der Waals surface area (Å²) in [6, 6.07) is 11.4. The normalized spacial score (nSPS) is 15.6. The van der Waals surface area contributed by atoms with E-state index in [4.69, 9.17) is 0 Å². The van der Waals surface area contributed by atoms with Crippen LogP contribution in [0, 0.1) is 0 Å². The van der Waals surface area contributed by atoms with Gasteiger partial charge >= 0.3 is 5.97 Å². The minimum atomic E-state index is -1.01. The van der Waals surface area contributed by atoms with E-state index in [9.17, 15) is 19.5 Å². The number of hydrogen-bond acceptors (Lipinski definition) is 6. The fourth-order valence-electron chi connectivity index (χ4n) is 3.76. The maximum Gasteiger partial charge on any atom is 0.335 e. The van der Waals surface area contributed by atoms with E-state index in [1.807, 2.05) is 0 Å². The summed E-state index contributed by atoms with van der Waals surface area (Å²) in [6.45, 7) is 4.55. The zero-order chi connectivity index (χ0) is 23.4. The van der Waals surface area contributed by atoms with Crippen molar-refractivity contribution in [1.82, 2.24) is 14.9 Å². The first-order valence-electron chi connectivity index (χ1n) is 10.5. The van der Waals surface area contributed by atoms with Crippen LogP contribution in [0.15, 0.2) is 61.3 Å². The number of piperidine rings is 1. The van der Waals surface area contributed by atoms with Crippen LogP contribution in [0.4, 0.5) is 11.6 Å². The van der Waals surface area contributed by atoms with Gasteiger partial charge in [0.2, 0.25) is 11.9 Å². The molecular formula is C24H23N5O4. The van der Waals surface area contributed by atoms with E-state index in [1.54, 1.807) is 41.4 Å². The molecule has 0 unspecified atom stereocenters. The van der Waals surface area contributed by atoms with Crippen LogP contribution in [0.3, 0.4) is 0 Å². The van der Waals surface area contributed by atoms with Gasteiger partial charge in [-0.2, -0.15) is 0 Å². The van der Waals surface area contributed by atoms with Crippen molar-refractivity contribution in [1.29, 1.82) is 0 Å². The number of carboxylic acids is 1. The Hall–Kier alpha value is -4.27. The average Bonchev–Trinajstić information content (AvgIpc) is 2.83. The Balaban J connectivity index is 1.43. The van der Waals surface area contributed by atoms with Gasteiger partial charge in [-0.05, 0) is 55.3 Å². The molecule has 9 nitrogen and oxygen atoms in total. The van der Waals surface area contributed by atoms with Gasteiger partial charge in [-0.3, -0.25) is 9.59 Å². The predicted octanol–water partition coefficient (Wildman–Crippen LogP) is 3.17. The third-order valence-electron chi connectivity index (χ3n) is 5.46. The van der Waals surface area contributed by atoms with Gasteiger partial charge in [0.1, 0.15) is 0 Å². The maximum atomic E-state index is 13.0. The molecule has 1 aliphatic heterocycles. The van der Waals surface area contributed by atoms with Crippen molar-refractivity contribution >= 4 is 40.3 Å². The lowest BCUT2D eigenvalue weighted by molar-refractivity contribution is -0.111. The number of aromatic nitrogens is 2. The number of nitrogens with zero attached hydrogens (tertiary/aromatic N) is 3. The van der Waals surface area contributed by atoms with Crippen molar-refractivity contribution in [3.8, 4) is 0 Å². The lowest BCUT2D eigenvalue weighted by Crippen LogP contribution is -2.45. The number of likely N-dealkylation sites (tertiary alicyclic amines) is 1. The molecule has 168 valence electrons. The summed E-state index contributed by atoms with van der Waals surface area (Å²) < 4.78 is 0. The van der Waals surface area contributed by atoms with Crippen molar-refractivity contribution in [2.24, 2.45) is 0 Å². The van der Waals surface area contributed by atoms with Crippen molar-refractivity contribution < 1.29 is 19.5 Å². The van der Waals surface area contributed by atoms with Gasteiger partial charge in [-0.25, -0.2) is 14.8 Å². The molecule has 0 spiro atoms. The molecule has 0 saturated carbocycles. The van der Waals surface area contributed by atoms with E-state index < -0.39 is 5.97 Å². The highest BCUT2D eigenvalue weighted by molar-refractivity contribution is 6.00. The first-order valence-corrected chi connectivity index (χ1v) is 10.5. The second-order valence-corrected chi connectivity index (χ2v) is 7.78. The molecule has 2 aromatic carbocycles. The Morgan fingerprint density at radius 1 is 1.12 bits per heavy atom. The molecule has 1 aliphatic rings. The Morgan fingerprint density at radius 2 is 1.88 bits per heavy atom. The smallest absolute Gasteiger partial charge is 0.335 e. The molecule has 33 heavy (non-hydrogen) atoms. The van der Waals surface area contributed by atoms with Crippen molar-refractivity contribution in [3.63, 3.8) is 0 Å². The van der Waals surface area contributed by atoms with Gasteiger partial charge in [0.15, 0.2) is 0 Å². The van der Waals surface area contributed by atoms with Crippen LogP contribution in [-0.2, 0) is 4.79 Å². The predicted molar refractivity (Wildman–Crippen MR) is 124 cm³/mol. The molecule has 1 atom stereocenters. The van der Waals surface area contributed by atoms with Gasteiger partial charge in [0.05, 0.1) is 11.1 Å². The van der Waals surface area contributed by atoms with Crippen LogP contribution in [0.25, 0.3) is 10.9 Å². The van der Waals surface area contributed by atoms with Gasteiger partial charge in [-0.15, -0.1) is 0 Å². The fourth-order valence-corrected chi connectivity index (χ4v) is 3.76. The maximum absolute atomic E-state index is 13.0. The number of rotatable bonds is 6. The first-order chi connectivity index (χ1) is 15.9. The Bertz CT molecular complexity index is 1230. The summed E-state index contributed by atoms with van der Waals surface area (Å²) in [5.74, 6) is -1.02. The fraction of sp³-hybridized carbons (Fsp3) is 0.208. The molecule has 2 heterocycles. The van der Waals surface area contributed by atoms with Gasteiger partial charge in [0.25, 0.3) is 5.91 Å². The standard InChI is InChI=1S/C24H23N5O4/c1-2-21(30)26-18-9-7-15(8-10-18)22(31)29-11-3-4-19(14-29)27-24-25-13-17-6-5-16(23(32)33)12-20(17)28-24/h2,5-10,12-13,19H,1,3-4,11,14H2,(H,26,30)(H,32,33)(H,25,27,28)/t19-/m1/s1. The number of hydrogen-bond donors (Lipinski definition) is 3. The Morgan fingerprint density at radius 3 is 2.61 bits per heavy atom. The van der Waals surface area contributed by atoms with E-state index in [0.717, 1.165) is 18.2 Å². The number of anilines is 2. The minimum Gasteiger partial charge on any atom is -0.478 e. The number of benzene rings is 2. The molecule has 3 aromatic rings. The van der Waals surface area contributed by atoms with Crippen LogP contribution >= 0.6 is 0 Å². The minimum absolute atomic E-state index is 0.0334. The van der Waals surface area contributed by atoms with E-state index in [2.05, 4.69) is 27.2 Å². The van der Waals surface area contributed by atoms with Crippen molar-refractivity contribution in [2.45, 2.75) is 18.9 Å². The largest absolute Gasteiger partial charge is 0.478 e. The summed E-state index contributed by atoms with van der Waals surface area (Å²) in [5, 5.41) is 15.9. The SMILES string of the molecule is C=CC(=O)Nc1ccc(C(=O)N2CCC[C@@H](Nc3ncc4ccc(C(=O)O)cc4n3)C2)cc1. The summed E-state index contributed by atoms with van der Waals surface area (Å²) in [5.41, 5.74) is 1.83. The lowest BCUT2D eigenvalue weighted by Gasteiger charge is -2.33. The Kier molecular flexibility index (Phi) is 6.30. The van der Waals surface area contributed by atoms with Crippen LogP contribution in [0.1, 0.15) is 33.6 Å². The summed E-state index contributed by atoms with van der Waals surface area (Å²) >= 11 is 0. The molecular weight excluding hydrogens is 422 g/mol. The molecule has 0 aliphatic carbocycles. The topological polar surface area (TPSA) is 125 Å². The average molecular weight is 445 g/mol. The molecule has 0 radical (unpaired) electrons. The zero-order valence-corrected chi connectivity index (χ0v) is 17.8. The summed E-state index contributed by atoms with van der Waals surface area (Å²) in [7, 11) is 0. The van der Waals surface area contributed by atoms with Crippen LogP contribution < -0.4 is 10.6 Å². The second kappa shape index (κ2) is 9.47. The zero-order valence-electron chi connectivity index (χ0n) is 17.8. The molecule has 4 rings (SSSR count). The van der Waals surface area contributed by atoms with Gasteiger partial charge in [0, 0.05) is 42.0 Å². The van der Waals surface area contributed by atoms with E-state index >= 15 is 0 Å². The number of carbonyl (C=O) groups is 3. The van der Waals surface area contributed by atoms with Gasteiger partial charge in [-0.1, -0.05) is 12.6 Å². The van der Waals surface area contributed by atoms with Crippen LogP contribution in [0.2, 0.25) is 0 Å². The molecule has 1 fully saturated rings. The molecule has 9 heteroatoms. The number of aromatic carboxylic acids is 1. The highest BCUT2D eigenvalue weighted by Crippen LogP contribution is 2.20. The third kappa shape index (κ3) is 5.15. The number of fused-ring (bicyclic) bond motifs is 1. The van der Waals surface area contributed by atoms with Crippen LogP contribution in [-0.4, -0.2) is 56.9 Å². The lowest BCUT2D eigenvalue weighted by atomic mass is 10.0. The van der Waals surface area contributed by atoms with Gasteiger partial charge < -0.3 is 20.6 Å². The summed E-state index contributed by atoms with van der Waals surface area (Å²) in [4.78, 5) is 46.2. The molecule has 1 aromatic heterocycles. The molecule has 1 saturated heterocycles. The molecule has 3 N–H and O–H groups in total. The Labute approximate surface area is 190 Å². The number of amides is 2. The number of carboxylic acid groups (broad SMARTS) is 1. The molecule has 0 bridgehead atoms. The second-order valence-electron chi connectivity index (χ2n) is 7.78. The van der Waals surface area contributed by atoms with E-state index in [-0.39, 0.29) is 23.4 Å². The number of nitrogens with one attached hydrogen (secondary N) is 2. The molecule has 2 amide bonds. The third-order valence-corrected chi connectivity index (χ3v) is 5.46. The van der Waals surface area contributed by atoms with E-state index in [0.29, 0.717) is 35.8 Å². The van der Waals surface area contributed by atoms with Crippen molar-refractivity contribution in [2.75, 3.05) is 23.7 Å². The van der Waals surface area contributed by atoms with E-state index in [1.165, 1.54) is 18.2 Å². The number of carbonyl (C=O) groups excluding carboxylic acids is 2. The quantitative estimate of drug-likeness (QED) is 0.498.